The molecule has 0 aliphatic carbocycles. The van der Waals surface area contributed by atoms with Gasteiger partial charge in [-0.1, -0.05) is 188 Å². The standard InChI is InChI=1S/C60H37N7S/c1-5-17-38(18-6-1)55-61-56(39-19-7-2-8-20-39)64-59(63-55)44-30-32-46-45-25-13-15-27-50(45)67(52(46)36-44)51-34-31-42(43-29-33-48-47-26-14-16-28-53(47)68-54(48)37-43)35-49(51)60-65-57(40-21-9-3-10-22-40)62-58(66-60)41-23-11-4-12-24-41/h1-37H. The first kappa shape index (κ1) is 39.4. The number of hydrogen-bond acceptors (Lipinski definition) is 7. The second-order valence-electron chi connectivity index (χ2n) is 16.7. The quantitative estimate of drug-likeness (QED) is 0.151. The first-order chi connectivity index (χ1) is 33.7. The van der Waals surface area contributed by atoms with Gasteiger partial charge in [-0.2, -0.15) is 0 Å². The van der Waals surface area contributed by atoms with Crippen molar-refractivity contribution in [2.75, 3.05) is 0 Å². The summed E-state index contributed by atoms with van der Waals surface area (Å²) in [4.78, 5) is 31.0. The number of benzene rings is 9. The van der Waals surface area contributed by atoms with Crippen molar-refractivity contribution < 1.29 is 0 Å². The van der Waals surface area contributed by atoms with Gasteiger partial charge in [0.2, 0.25) is 0 Å². The average molecular weight is 888 g/mol. The third-order valence-electron chi connectivity index (χ3n) is 12.5. The van der Waals surface area contributed by atoms with Gasteiger partial charge in [-0.05, 0) is 47.5 Å². The van der Waals surface area contributed by atoms with Gasteiger partial charge in [-0.3, -0.25) is 0 Å². The van der Waals surface area contributed by atoms with Crippen molar-refractivity contribution in [2.24, 2.45) is 0 Å². The molecule has 0 saturated carbocycles. The Kier molecular flexibility index (Phi) is 9.54. The topological polar surface area (TPSA) is 82.3 Å². The van der Waals surface area contributed by atoms with E-state index in [1.807, 2.05) is 133 Å². The van der Waals surface area contributed by atoms with Crippen molar-refractivity contribution in [3.8, 4) is 85.1 Å². The monoisotopic (exact) mass is 887 g/mol. The van der Waals surface area contributed by atoms with E-state index < -0.39 is 0 Å². The van der Waals surface area contributed by atoms with Gasteiger partial charge >= 0.3 is 0 Å². The molecule has 0 fully saturated rings. The van der Waals surface area contributed by atoms with Crippen LogP contribution in [0.25, 0.3) is 127 Å². The van der Waals surface area contributed by atoms with Crippen molar-refractivity contribution in [3.63, 3.8) is 0 Å². The minimum absolute atomic E-state index is 0.567. The SMILES string of the molecule is c1ccc(-c2nc(-c3ccccc3)nc(-c3ccc4c5ccccc5n(-c5ccc(-c6ccc7c(c6)sc6ccccc67)cc5-c5nc(-c6ccccc6)nc(-c6ccccc6)n5)c4c3)n2)cc1. The lowest BCUT2D eigenvalue weighted by atomic mass is 9.99. The number of hydrogen-bond donors (Lipinski definition) is 0. The normalized spacial score (nSPS) is 11.5. The predicted molar refractivity (Wildman–Crippen MR) is 278 cm³/mol. The Morgan fingerprint density at radius 3 is 1.26 bits per heavy atom. The first-order valence-corrected chi connectivity index (χ1v) is 23.3. The van der Waals surface area contributed by atoms with Crippen LogP contribution in [0.3, 0.4) is 0 Å². The lowest BCUT2D eigenvalue weighted by molar-refractivity contribution is 1.06. The van der Waals surface area contributed by atoms with Gasteiger partial charge < -0.3 is 4.57 Å². The van der Waals surface area contributed by atoms with Crippen LogP contribution in [0, 0.1) is 0 Å². The molecule has 0 unspecified atom stereocenters. The van der Waals surface area contributed by atoms with Crippen LogP contribution in [0.5, 0.6) is 0 Å². The number of nitrogens with zero attached hydrogens (tertiary/aromatic N) is 7. The largest absolute Gasteiger partial charge is 0.308 e. The zero-order valence-corrected chi connectivity index (χ0v) is 37.2. The molecule has 8 heteroatoms. The van der Waals surface area contributed by atoms with E-state index in [4.69, 9.17) is 29.9 Å². The second-order valence-corrected chi connectivity index (χ2v) is 17.8. The summed E-state index contributed by atoms with van der Waals surface area (Å²) in [5.74, 6) is 3.57. The number of para-hydroxylation sites is 1. The molecule has 0 aliphatic rings. The number of rotatable bonds is 8. The van der Waals surface area contributed by atoms with Crippen LogP contribution in [-0.4, -0.2) is 34.5 Å². The van der Waals surface area contributed by atoms with Gasteiger partial charge in [-0.25, -0.2) is 29.9 Å². The molecule has 0 aliphatic heterocycles. The Morgan fingerprint density at radius 2 is 0.676 bits per heavy atom. The molecule has 68 heavy (non-hydrogen) atoms. The van der Waals surface area contributed by atoms with E-state index in [1.165, 1.54) is 20.2 Å². The Morgan fingerprint density at radius 1 is 0.265 bits per heavy atom. The van der Waals surface area contributed by atoms with E-state index in [-0.39, 0.29) is 0 Å². The minimum Gasteiger partial charge on any atom is -0.308 e. The molecular formula is C60H37N7S. The maximum atomic E-state index is 5.33. The zero-order chi connectivity index (χ0) is 45.0. The van der Waals surface area contributed by atoms with E-state index >= 15 is 0 Å². The molecule has 318 valence electrons. The Labute approximate surface area is 395 Å². The van der Waals surface area contributed by atoms with Crippen molar-refractivity contribution in [1.29, 1.82) is 0 Å². The van der Waals surface area contributed by atoms with Crippen LogP contribution in [-0.2, 0) is 0 Å². The summed E-state index contributed by atoms with van der Waals surface area (Å²) in [6.45, 7) is 0. The molecule has 13 aromatic rings. The first-order valence-electron chi connectivity index (χ1n) is 22.5. The van der Waals surface area contributed by atoms with Crippen molar-refractivity contribution in [2.45, 2.75) is 0 Å². The van der Waals surface area contributed by atoms with Crippen LogP contribution >= 0.6 is 11.3 Å². The average Bonchev–Trinajstić information content (AvgIpc) is 3.96. The third-order valence-corrected chi connectivity index (χ3v) is 13.7. The summed E-state index contributed by atoms with van der Waals surface area (Å²) in [5.41, 5.74) is 10.5. The molecule has 9 aromatic carbocycles. The third kappa shape index (κ3) is 6.99. The summed E-state index contributed by atoms with van der Waals surface area (Å²) in [5, 5.41) is 4.75. The highest BCUT2D eigenvalue weighted by atomic mass is 32.1. The Bertz CT molecular complexity index is 3900. The van der Waals surface area contributed by atoms with Crippen LogP contribution < -0.4 is 0 Å². The fourth-order valence-corrected chi connectivity index (χ4v) is 10.4. The van der Waals surface area contributed by atoms with Gasteiger partial charge in [0.25, 0.3) is 0 Å². The second kappa shape index (κ2) is 16.5. The Balaban J connectivity index is 1.07. The molecule has 0 spiro atoms. The minimum atomic E-state index is 0.567. The predicted octanol–water partition coefficient (Wildman–Crippen LogP) is 15.2. The van der Waals surface area contributed by atoms with E-state index in [0.717, 1.165) is 72.0 Å². The molecule has 0 N–H and O–H groups in total. The molecule has 4 aromatic heterocycles. The molecule has 0 saturated heterocycles. The summed E-state index contributed by atoms with van der Waals surface area (Å²) in [6.07, 6.45) is 0. The van der Waals surface area contributed by atoms with Crippen molar-refractivity contribution in [3.05, 3.63) is 224 Å². The maximum absolute atomic E-state index is 5.33. The Hall–Kier alpha value is -8.98. The number of fused-ring (bicyclic) bond motifs is 6. The molecule has 7 nitrogen and oxygen atoms in total. The lowest BCUT2D eigenvalue weighted by Crippen LogP contribution is -2.04. The van der Waals surface area contributed by atoms with Crippen LogP contribution in [0.2, 0.25) is 0 Å². The van der Waals surface area contributed by atoms with Gasteiger partial charge in [0.1, 0.15) is 0 Å². The van der Waals surface area contributed by atoms with Gasteiger partial charge in [0.15, 0.2) is 34.9 Å². The maximum Gasteiger partial charge on any atom is 0.166 e. The molecule has 0 atom stereocenters. The molecule has 0 bridgehead atoms. The highest BCUT2D eigenvalue weighted by Crippen LogP contribution is 2.41. The van der Waals surface area contributed by atoms with Crippen LogP contribution in [0.4, 0.5) is 0 Å². The molecule has 0 amide bonds. The summed E-state index contributed by atoms with van der Waals surface area (Å²) >= 11 is 1.82. The van der Waals surface area contributed by atoms with Crippen LogP contribution in [0.1, 0.15) is 0 Å². The highest BCUT2D eigenvalue weighted by Gasteiger charge is 2.22. The van der Waals surface area contributed by atoms with Crippen LogP contribution in [0.15, 0.2) is 224 Å². The summed E-state index contributed by atoms with van der Waals surface area (Å²) in [7, 11) is 0. The van der Waals surface area contributed by atoms with Crippen molar-refractivity contribution in [1.82, 2.24) is 34.5 Å². The van der Waals surface area contributed by atoms with E-state index in [1.54, 1.807) is 0 Å². The molecule has 4 heterocycles. The molecule has 0 radical (unpaired) electrons. The highest BCUT2D eigenvalue weighted by molar-refractivity contribution is 7.25. The summed E-state index contributed by atoms with van der Waals surface area (Å²) < 4.78 is 4.86. The summed E-state index contributed by atoms with van der Waals surface area (Å²) in [6, 6.07) is 77.7. The zero-order valence-electron chi connectivity index (χ0n) is 36.4. The fraction of sp³-hybridized carbons (Fsp3) is 0. The van der Waals surface area contributed by atoms with Crippen molar-refractivity contribution >= 4 is 53.3 Å². The van der Waals surface area contributed by atoms with Gasteiger partial charge in [0.05, 0.1) is 16.7 Å². The molecular weight excluding hydrogens is 851 g/mol. The van der Waals surface area contributed by atoms with Gasteiger partial charge in [0, 0.05) is 64.3 Å². The number of aromatic nitrogens is 7. The smallest absolute Gasteiger partial charge is 0.166 e. The van der Waals surface area contributed by atoms with Gasteiger partial charge in [-0.15, -0.1) is 11.3 Å². The van der Waals surface area contributed by atoms with E-state index in [2.05, 4.69) is 108 Å². The lowest BCUT2D eigenvalue weighted by Gasteiger charge is -2.17. The fourth-order valence-electron chi connectivity index (χ4n) is 9.23. The number of thiophene rings is 1. The van der Waals surface area contributed by atoms with E-state index in [0.29, 0.717) is 34.9 Å². The molecule has 13 rings (SSSR count). The van der Waals surface area contributed by atoms with E-state index in [9.17, 15) is 0 Å².